The van der Waals surface area contributed by atoms with Crippen LogP contribution in [0.25, 0.3) is 0 Å². The summed E-state index contributed by atoms with van der Waals surface area (Å²) < 4.78 is 0. The van der Waals surface area contributed by atoms with Crippen LogP contribution < -0.4 is 0 Å². The molecule has 0 spiro atoms. The summed E-state index contributed by atoms with van der Waals surface area (Å²) in [6, 6.07) is 0. The molecule has 0 saturated carbocycles. The number of hydrogen-bond acceptors (Lipinski definition) is 3. The van der Waals surface area contributed by atoms with Gasteiger partial charge in [-0.25, -0.2) is 0 Å². The minimum atomic E-state index is -0.0387. The molecule has 0 fully saturated rings. The minimum Gasteiger partial charge on any atom is -0.337 e. The Kier molecular flexibility index (Phi) is 4.95. The first-order valence-electron chi connectivity index (χ1n) is 5.87. The zero-order chi connectivity index (χ0) is 12.0. The molecule has 0 unspecified atom stereocenters. The number of carbonyl (C=O) groups is 1. The van der Waals surface area contributed by atoms with Gasteiger partial charge in [-0.05, 0) is 12.8 Å². The van der Waals surface area contributed by atoms with Crippen molar-refractivity contribution in [3.8, 4) is 0 Å². The molecule has 0 aliphatic carbocycles. The SMILES string of the molecule is CCC(CC)CN(CC)C(=O)c1cn[nH]n1. The Morgan fingerprint density at radius 2 is 2.12 bits per heavy atom. The van der Waals surface area contributed by atoms with Gasteiger partial charge in [-0.15, -0.1) is 0 Å². The summed E-state index contributed by atoms with van der Waals surface area (Å²) in [6.45, 7) is 7.81. The quantitative estimate of drug-likeness (QED) is 0.800. The first-order chi connectivity index (χ1) is 7.72. The summed E-state index contributed by atoms with van der Waals surface area (Å²) >= 11 is 0. The maximum Gasteiger partial charge on any atom is 0.276 e. The van der Waals surface area contributed by atoms with Gasteiger partial charge < -0.3 is 4.90 Å². The molecule has 0 aliphatic heterocycles. The van der Waals surface area contributed by atoms with Crippen molar-refractivity contribution < 1.29 is 4.79 Å². The van der Waals surface area contributed by atoms with Gasteiger partial charge in [0.05, 0.1) is 6.20 Å². The Bertz CT molecular complexity index is 306. The van der Waals surface area contributed by atoms with Crippen molar-refractivity contribution in [1.29, 1.82) is 0 Å². The number of aromatic nitrogens is 3. The van der Waals surface area contributed by atoms with Crippen LogP contribution in [-0.2, 0) is 0 Å². The van der Waals surface area contributed by atoms with E-state index in [1.165, 1.54) is 6.20 Å². The molecule has 1 aromatic heterocycles. The van der Waals surface area contributed by atoms with Crippen molar-refractivity contribution in [2.24, 2.45) is 5.92 Å². The number of nitrogens with one attached hydrogen (secondary N) is 1. The molecule has 0 saturated heterocycles. The van der Waals surface area contributed by atoms with Gasteiger partial charge in [0.1, 0.15) is 0 Å². The lowest BCUT2D eigenvalue weighted by atomic mass is 10.0. The van der Waals surface area contributed by atoms with Crippen molar-refractivity contribution in [2.75, 3.05) is 13.1 Å². The van der Waals surface area contributed by atoms with Gasteiger partial charge in [-0.1, -0.05) is 26.7 Å². The molecule has 0 aliphatic rings. The summed E-state index contributed by atoms with van der Waals surface area (Å²) in [5.74, 6) is 0.527. The molecule has 5 heteroatoms. The van der Waals surface area contributed by atoms with Gasteiger partial charge in [0, 0.05) is 13.1 Å². The third kappa shape index (κ3) is 3.05. The number of rotatable bonds is 6. The van der Waals surface area contributed by atoms with Crippen LogP contribution in [0.3, 0.4) is 0 Å². The van der Waals surface area contributed by atoms with Crippen LogP contribution in [0, 0.1) is 5.92 Å². The van der Waals surface area contributed by atoms with Gasteiger partial charge in [-0.3, -0.25) is 4.79 Å². The lowest BCUT2D eigenvalue weighted by Gasteiger charge is -2.24. The molecular formula is C11H20N4O. The zero-order valence-corrected chi connectivity index (χ0v) is 10.2. The fourth-order valence-electron chi connectivity index (χ4n) is 1.68. The second-order valence-corrected chi connectivity index (χ2v) is 3.88. The molecular weight excluding hydrogens is 204 g/mol. The molecule has 1 rings (SSSR count). The number of hydrogen-bond donors (Lipinski definition) is 1. The van der Waals surface area contributed by atoms with Crippen molar-refractivity contribution in [3.63, 3.8) is 0 Å². The molecule has 1 aromatic rings. The molecule has 1 N–H and O–H groups in total. The first kappa shape index (κ1) is 12.7. The molecule has 1 heterocycles. The second kappa shape index (κ2) is 6.25. The monoisotopic (exact) mass is 224 g/mol. The summed E-state index contributed by atoms with van der Waals surface area (Å²) in [5.41, 5.74) is 0.396. The van der Waals surface area contributed by atoms with Crippen LogP contribution in [0.5, 0.6) is 0 Å². The van der Waals surface area contributed by atoms with E-state index in [1.54, 1.807) is 0 Å². The summed E-state index contributed by atoms with van der Waals surface area (Å²) in [6.07, 6.45) is 3.66. The standard InChI is InChI=1S/C11H20N4O/c1-4-9(5-2)8-15(6-3)11(16)10-7-12-14-13-10/h7,9H,4-6,8H2,1-3H3,(H,12,13,14). The fourth-order valence-corrected chi connectivity index (χ4v) is 1.68. The van der Waals surface area contributed by atoms with Gasteiger partial charge in [0.2, 0.25) is 0 Å². The topological polar surface area (TPSA) is 61.9 Å². The third-order valence-corrected chi connectivity index (χ3v) is 2.94. The Morgan fingerprint density at radius 1 is 1.44 bits per heavy atom. The molecule has 5 nitrogen and oxygen atoms in total. The molecule has 16 heavy (non-hydrogen) atoms. The summed E-state index contributed by atoms with van der Waals surface area (Å²) in [5, 5.41) is 9.94. The Morgan fingerprint density at radius 3 is 2.56 bits per heavy atom. The number of aromatic amines is 1. The maximum absolute atomic E-state index is 12.0. The van der Waals surface area contributed by atoms with E-state index in [0.29, 0.717) is 18.2 Å². The summed E-state index contributed by atoms with van der Waals surface area (Å²) in [7, 11) is 0. The van der Waals surface area contributed by atoms with Crippen LogP contribution in [-0.4, -0.2) is 39.3 Å². The van der Waals surface area contributed by atoms with E-state index < -0.39 is 0 Å². The van der Waals surface area contributed by atoms with Crippen molar-refractivity contribution in [3.05, 3.63) is 11.9 Å². The molecule has 1 amide bonds. The molecule has 90 valence electrons. The van der Waals surface area contributed by atoms with Crippen molar-refractivity contribution >= 4 is 5.91 Å². The highest BCUT2D eigenvalue weighted by Crippen LogP contribution is 2.11. The molecule has 0 radical (unpaired) electrons. The number of H-pyrrole nitrogens is 1. The van der Waals surface area contributed by atoms with Crippen LogP contribution in [0.4, 0.5) is 0 Å². The maximum atomic E-state index is 12.0. The van der Waals surface area contributed by atoms with Crippen LogP contribution in [0.15, 0.2) is 6.20 Å². The van der Waals surface area contributed by atoms with Gasteiger partial charge >= 0.3 is 0 Å². The lowest BCUT2D eigenvalue weighted by Crippen LogP contribution is -2.35. The third-order valence-electron chi connectivity index (χ3n) is 2.94. The fraction of sp³-hybridized carbons (Fsp3) is 0.727. The highest BCUT2D eigenvalue weighted by molar-refractivity contribution is 5.91. The average Bonchev–Trinajstić information content (AvgIpc) is 2.83. The first-order valence-corrected chi connectivity index (χ1v) is 5.87. The van der Waals surface area contributed by atoms with E-state index in [2.05, 4.69) is 29.3 Å². The van der Waals surface area contributed by atoms with Crippen LogP contribution in [0.2, 0.25) is 0 Å². The predicted octanol–water partition coefficient (Wildman–Crippen LogP) is 1.70. The smallest absolute Gasteiger partial charge is 0.276 e. The average molecular weight is 224 g/mol. The summed E-state index contributed by atoms with van der Waals surface area (Å²) in [4.78, 5) is 13.8. The van der Waals surface area contributed by atoms with E-state index in [0.717, 1.165) is 19.4 Å². The number of nitrogens with zero attached hydrogens (tertiary/aromatic N) is 3. The van der Waals surface area contributed by atoms with E-state index in [1.807, 2.05) is 11.8 Å². The van der Waals surface area contributed by atoms with Gasteiger partial charge in [-0.2, -0.15) is 15.4 Å². The number of carbonyl (C=O) groups excluding carboxylic acids is 1. The van der Waals surface area contributed by atoms with Gasteiger partial charge in [0.15, 0.2) is 5.69 Å². The Hall–Kier alpha value is -1.39. The Labute approximate surface area is 96.2 Å². The van der Waals surface area contributed by atoms with Crippen LogP contribution >= 0.6 is 0 Å². The highest BCUT2D eigenvalue weighted by Gasteiger charge is 2.19. The predicted molar refractivity (Wildman–Crippen MR) is 62.0 cm³/mol. The van der Waals surface area contributed by atoms with Gasteiger partial charge in [0.25, 0.3) is 5.91 Å². The normalized spacial score (nSPS) is 10.8. The second-order valence-electron chi connectivity index (χ2n) is 3.88. The van der Waals surface area contributed by atoms with Crippen molar-refractivity contribution in [2.45, 2.75) is 33.6 Å². The molecule has 0 atom stereocenters. The molecule has 0 bridgehead atoms. The van der Waals surface area contributed by atoms with E-state index >= 15 is 0 Å². The van der Waals surface area contributed by atoms with E-state index in [9.17, 15) is 4.79 Å². The molecule has 0 aromatic carbocycles. The largest absolute Gasteiger partial charge is 0.337 e. The highest BCUT2D eigenvalue weighted by atomic mass is 16.2. The van der Waals surface area contributed by atoms with E-state index in [4.69, 9.17) is 0 Å². The zero-order valence-electron chi connectivity index (χ0n) is 10.2. The Balaban J connectivity index is 2.64. The minimum absolute atomic E-state index is 0.0387. The lowest BCUT2D eigenvalue weighted by molar-refractivity contribution is 0.0729. The van der Waals surface area contributed by atoms with Crippen molar-refractivity contribution in [1.82, 2.24) is 20.3 Å². The van der Waals surface area contributed by atoms with E-state index in [-0.39, 0.29) is 5.91 Å². The van der Waals surface area contributed by atoms with Crippen LogP contribution in [0.1, 0.15) is 44.1 Å². The number of amides is 1.